The zero-order valence-electron chi connectivity index (χ0n) is 8.53. The van der Waals surface area contributed by atoms with Gasteiger partial charge < -0.3 is 4.74 Å². The third kappa shape index (κ3) is 4.08. The Kier molecular flexibility index (Phi) is 4.76. The first-order chi connectivity index (χ1) is 6.83. The minimum Gasteiger partial charge on any atom is -0.427 e. The quantitative estimate of drug-likeness (QED) is 0.407. The molecule has 0 saturated carbocycles. The Balaban J connectivity index is 2.27. The zero-order valence-corrected chi connectivity index (χ0v) is 8.53. The lowest BCUT2D eigenvalue weighted by molar-refractivity contribution is -0.134. The second-order valence-corrected chi connectivity index (χ2v) is 3.24. The summed E-state index contributed by atoms with van der Waals surface area (Å²) in [7, 11) is 0. The Bertz CT molecular complexity index is 267. The molecule has 0 fully saturated rings. The van der Waals surface area contributed by atoms with Crippen LogP contribution in [-0.4, -0.2) is 5.97 Å². The largest absolute Gasteiger partial charge is 0.427 e. The lowest BCUT2D eigenvalue weighted by Crippen LogP contribution is -2.07. The van der Waals surface area contributed by atoms with Gasteiger partial charge in [0, 0.05) is 6.42 Å². The van der Waals surface area contributed by atoms with Crippen molar-refractivity contribution in [1.29, 1.82) is 0 Å². The van der Waals surface area contributed by atoms with Gasteiger partial charge in [-0.05, 0) is 18.6 Å². The molecule has 0 aliphatic heterocycles. The standard InChI is InChI=1S/C12H16O2/c1-2-3-5-10-12(13)14-11-8-6-4-7-9-11/h4,6-9H,2-3,5,10H2,1H3. The molecule has 0 atom stereocenters. The van der Waals surface area contributed by atoms with Gasteiger partial charge in [0.05, 0.1) is 0 Å². The monoisotopic (exact) mass is 192 g/mol. The molecule has 14 heavy (non-hydrogen) atoms. The number of rotatable bonds is 5. The van der Waals surface area contributed by atoms with Crippen LogP contribution in [0.5, 0.6) is 5.75 Å². The van der Waals surface area contributed by atoms with E-state index in [0.29, 0.717) is 12.2 Å². The third-order valence-electron chi connectivity index (χ3n) is 1.96. The van der Waals surface area contributed by atoms with Gasteiger partial charge >= 0.3 is 5.97 Å². The van der Waals surface area contributed by atoms with E-state index in [4.69, 9.17) is 4.74 Å². The van der Waals surface area contributed by atoms with E-state index < -0.39 is 0 Å². The number of esters is 1. The van der Waals surface area contributed by atoms with Crippen LogP contribution < -0.4 is 4.74 Å². The molecule has 1 aromatic rings. The predicted octanol–water partition coefficient (Wildman–Crippen LogP) is 3.17. The van der Waals surface area contributed by atoms with E-state index in [1.54, 1.807) is 12.1 Å². The van der Waals surface area contributed by atoms with Gasteiger partial charge in [-0.2, -0.15) is 0 Å². The van der Waals surface area contributed by atoms with Gasteiger partial charge in [0.25, 0.3) is 0 Å². The summed E-state index contributed by atoms with van der Waals surface area (Å²) in [6.07, 6.45) is 3.65. The molecule has 0 aliphatic carbocycles. The summed E-state index contributed by atoms with van der Waals surface area (Å²) in [5, 5.41) is 0. The molecule has 0 heterocycles. The van der Waals surface area contributed by atoms with Crippen molar-refractivity contribution in [3.63, 3.8) is 0 Å². The van der Waals surface area contributed by atoms with E-state index >= 15 is 0 Å². The summed E-state index contributed by atoms with van der Waals surface area (Å²) in [6, 6.07) is 9.19. The van der Waals surface area contributed by atoms with Gasteiger partial charge in [-0.25, -0.2) is 0 Å². The van der Waals surface area contributed by atoms with Crippen LogP contribution >= 0.6 is 0 Å². The van der Waals surface area contributed by atoms with E-state index in [9.17, 15) is 4.79 Å². The number of carbonyl (C=O) groups excluding carboxylic acids is 1. The van der Waals surface area contributed by atoms with Crippen molar-refractivity contribution in [2.45, 2.75) is 32.6 Å². The summed E-state index contributed by atoms with van der Waals surface area (Å²) in [5.41, 5.74) is 0. The van der Waals surface area contributed by atoms with Crippen LogP contribution in [0.4, 0.5) is 0 Å². The van der Waals surface area contributed by atoms with Crippen LogP contribution in [-0.2, 0) is 4.79 Å². The fourth-order valence-corrected chi connectivity index (χ4v) is 1.19. The number of hydrogen-bond acceptors (Lipinski definition) is 2. The van der Waals surface area contributed by atoms with Crippen molar-refractivity contribution < 1.29 is 9.53 Å². The lowest BCUT2D eigenvalue weighted by Gasteiger charge is -2.02. The molecular formula is C12H16O2. The summed E-state index contributed by atoms with van der Waals surface area (Å²) in [6.45, 7) is 2.11. The molecule has 0 N–H and O–H groups in total. The van der Waals surface area contributed by atoms with Gasteiger partial charge in [0.1, 0.15) is 5.75 Å². The number of carbonyl (C=O) groups is 1. The van der Waals surface area contributed by atoms with Gasteiger partial charge in [0.2, 0.25) is 0 Å². The highest BCUT2D eigenvalue weighted by Gasteiger charge is 2.02. The highest BCUT2D eigenvalue weighted by molar-refractivity contribution is 5.72. The molecule has 0 aliphatic rings. The first-order valence-corrected chi connectivity index (χ1v) is 5.08. The summed E-state index contributed by atoms with van der Waals surface area (Å²) in [4.78, 5) is 11.3. The van der Waals surface area contributed by atoms with Crippen LogP contribution in [0, 0.1) is 0 Å². The first-order valence-electron chi connectivity index (χ1n) is 5.08. The van der Waals surface area contributed by atoms with Crippen molar-refractivity contribution in [1.82, 2.24) is 0 Å². The fraction of sp³-hybridized carbons (Fsp3) is 0.417. The number of unbranched alkanes of at least 4 members (excludes halogenated alkanes) is 2. The van der Waals surface area contributed by atoms with Gasteiger partial charge in [0.15, 0.2) is 0 Å². The fourth-order valence-electron chi connectivity index (χ4n) is 1.19. The molecule has 0 amide bonds. The Hall–Kier alpha value is -1.31. The van der Waals surface area contributed by atoms with E-state index in [1.807, 2.05) is 18.2 Å². The van der Waals surface area contributed by atoms with Crippen molar-refractivity contribution in [2.24, 2.45) is 0 Å². The van der Waals surface area contributed by atoms with E-state index in [-0.39, 0.29) is 5.97 Å². The van der Waals surface area contributed by atoms with Crippen molar-refractivity contribution >= 4 is 5.97 Å². The average molecular weight is 192 g/mol. The molecule has 0 saturated heterocycles. The Morgan fingerprint density at radius 3 is 2.57 bits per heavy atom. The van der Waals surface area contributed by atoms with Crippen molar-refractivity contribution in [2.75, 3.05) is 0 Å². The molecule has 2 nitrogen and oxygen atoms in total. The summed E-state index contributed by atoms with van der Waals surface area (Å²) in [5.74, 6) is 0.499. The Labute approximate surface area is 84.9 Å². The van der Waals surface area contributed by atoms with Gasteiger partial charge in [-0.15, -0.1) is 0 Å². The number of ether oxygens (including phenoxy) is 1. The second kappa shape index (κ2) is 6.19. The molecule has 0 spiro atoms. The van der Waals surface area contributed by atoms with Crippen LogP contribution in [0.3, 0.4) is 0 Å². The SMILES string of the molecule is CCCCCC(=O)Oc1ccccc1. The third-order valence-corrected chi connectivity index (χ3v) is 1.96. The molecule has 0 unspecified atom stereocenters. The molecule has 0 aromatic heterocycles. The molecule has 2 heteroatoms. The first kappa shape index (κ1) is 10.8. The topological polar surface area (TPSA) is 26.3 Å². The van der Waals surface area contributed by atoms with E-state index in [0.717, 1.165) is 19.3 Å². The molecule has 1 aromatic carbocycles. The van der Waals surface area contributed by atoms with Crippen LogP contribution in [0.15, 0.2) is 30.3 Å². The average Bonchev–Trinajstić information content (AvgIpc) is 2.20. The summed E-state index contributed by atoms with van der Waals surface area (Å²) >= 11 is 0. The predicted molar refractivity (Wildman–Crippen MR) is 56.2 cm³/mol. The Morgan fingerprint density at radius 1 is 1.21 bits per heavy atom. The summed E-state index contributed by atoms with van der Waals surface area (Å²) < 4.78 is 5.12. The zero-order chi connectivity index (χ0) is 10.2. The van der Waals surface area contributed by atoms with Crippen molar-refractivity contribution in [3.05, 3.63) is 30.3 Å². The lowest BCUT2D eigenvalue weighted by atomic mass is 10.2. The molecule has 1 rings (SSSR count). The second-order valence-electron chi connectivity index (χ2n) is 3.24. The normalized spacial score (nSPS) is 9.79. The number of para-hydroxylation sites is 1. The van der Waals surface area contributed by atoms with E-state index in [1.165, 1.54) is 0 Å². The highest BCUT2D eigenvalue weighted by atomic mass is 16.5. The number of hydrogen-bond donors (Lipinski definition) is 0. The van der Waals surface area contributed by atoms with Gasteiger partial charge in [-0.3, -0.25) is 4.79 Å². The molecule has 0 radical (unpaired) electrons. The smallest absolute Gasteiger partial charge is 0.311 e. The number of benzene rings is 1. The highest BCUT2D eigenvalue weighted by Crippen LogP contribution is 2.10. The van der Waals surface area contributed by atoms with Crippen LogP contribution in [0.1, 0.15) is 32.6 Å². The maximum Gasteiger partial charge on any atom is 0.311 e. The van der Waals surface area contributed by atoms with Crippen LogP contribution in [0.2, 0.25) is 0 Å². The minimum absolute atomic E-state index is 0.135. The van der Waals surface area contributed by atoms with E-state index in [2.05, 4.69) is 6.92 Å². The Morgan fingerprint density at radius 2 is 1.93 bits per heavy atom. The van der Waals surface area contributed by atoms with Crippen molar-refractivity contribution in [3.8, 4) is 5.75 Å². The maximum absolute atomic E-state index is 11.3. The molecule has 76 valence electrons. The molecule has 0 bridgehead atoms. The van der Waals surface area contributed by atoms with Gasteiger partial charge in [-0.1, -0.05) is 38.0 Å². The maximum atomic E-state index is 11.3. The minimum atomic E-state index is -0.135. The molecular weight excluding hydrogens is 176 g/mol. The van der Waals surface area contributed by atoms with Crippen LogP contribution in [0.25, 0.3) is 0 Å².